The van der Waals surface area contributed by atoms with E-state index in [1.807, 2.05) is 42.5 Å². The van der Waals surface area contributed by atoms with Gasteiger partial charge in [-0.3, -0.25) is 0 Å². The van der Waals surface area contributed by atoms with Gasteiger partial charge in [-0.1, -0.05) is 24.3 Å². The van der Waals surface area contributed by atoms with Gasteiger partial charge < -0.3 is 15.2 Å². The van der Waals surface area contributed by atoms with E-state index < -0.39 is 0 Å². The summed E-state index contributed by atoms with van der Waals surface area (Å²) in [6.07, 6.45) is 3.55. The number of ether oxygens (including phenoxy) is 2. The number of rotatable bonds is 5. The average molecular weight is 281 g/mol. The number of hydrogen-bond acceptors (Lipinski definition) is 3. The molecule has 1 aliphatic heterocycles. The largest absolute Gasteiger partial charge is 0.489 e. The van der Waals surface area contributed by atoms with Crippen molar-refractivity contribution in [2.24, 2.45) is 0 Å². The van der Waals surface area contributed by atoms with Gasteiger partial charge in [0.1, 0.15) is 24.2 Å². The first-order valence-corrected chi connectivity index (χ1v) is 7.13. The predicted molar refractivity (Wildman–Crippen MR) is 84.8 cm³/mol. The number of anilines is 1. The molecule has 0 amide bonds. The quantitative estimate of drug-likeness (QED) is 0.675. The van der Waals surface area contributed by atoms with E-state index in [0.29, 0.717) is 6.61 Å². The predicted octanol–water partition coefficient (Wildman–Crippen LogP) is 3.38. The summed E-state index contributed by atoms with van der Waals surface area (Å²) in [7, 11) is 0. The summed E-state index contributed by atoms with van der Waals surface area (Å²) in [5.74, 6) is 1.82. The molecule has 1 atom stereocenters. The third kappa shape index (κ3) is 3.02. The maximum Gasteiger partial charge on any atom is 0.137 e. The van der Waals surface area contributed by atoms with Crippen LogP contribution in [0.25, 0.3) is 0 Å². The minimum absolute atomic E-state index is 0.0662. The zero-order valence-corrected chi connectivity index (χ0v) is 11.9. The second-order valence-corrected chi connectivity index (χ2v) is 5.22. The molecule has 108 valence electrons. The van der Waals surface area contributed by atoms with Gasteiger partial charge in [-0.25, -0.2) is 0 Å². The number of nitrogens with two attached hydrogens (primary N) is 1. The Morgan fingerprint density at radius 3 is 2.95 bits per heavy atom. The first-order chi connectivity index (χ1) is 10.3. The SMILES string of the molecule is C=CCc1cc(N)ccc1OCC1Cc2ccccc2O1. The van der Waals surface area contributed by atoms with Gasteiger partial charge in [0.25, 0.3) is 0 Å². The fraction of sp³-hybridized carbons (Fsp3) is 0.222. The van der Waals surface area contributed by atoms with Crippen LogP contribution in [-0.2, 0) is 12.8 Å². The van der Waals surface area contributed by atoms with Gasteiger partial charge >= 0.3 is 0 Å². The van der Waals surface area contributed by atoms with E-state index in [1.165, 1.54) is 5.56 Å². The Hall–Kier alpha value is -2.42. The van der Waals surface area contributed by atoms with E-state index in [2.05, 4.69) is 12.6 Å². The van der Waals surface area contributed by atoms with Crippen molar-refractivity contribution in [3.8, 4) is 11.5 Å². The van der Waals surface area contributed by atoms with Gasteiger partial charge in [0.05, 0.1) is 0 Å². The molecule has 0 aliphatic carbocycles. The van der Waals surface area contributed by atoms with Gasteiger partial charge in [-0.05, 0) is 41.8 Å². The molecule has 0 aromatic heterocycles. The number of fused-ring (bicyclic) bond motifs is 1. The van der Waals surface area contributed by atoms with Crippen LogP contribution in [0.3, 0.4) is 0 Å². The zero-order chi connectivity index (χ0) is 14.7. The van der Waals surface area contributed by atoms with E-state index in [0.717, 1.165) is 35.6 Å². The van der Waals surface area contributed by atoms with Crippen LogP contribution in [0.4, 0.5) is 5.69 Å². The number of allylic oxidation sites excluding steroid dienone is 1. The molecule has 2 aromatic rings. The van der Waals surface area contributed by atoms with Gasteiger partial charge in [0, 0.05) is 12.1 Å². The molecule has 1 unspecified atom stereocenters. The van der Waals surface area contributed by atoms with Crippen LogP contribution >= 0.6 is 0 Å². The molecule has 0 fully saturated rings. The van der Waals surface area contributed by atoms with Crippen molar-refractivity contribution in [3.63, 3.8) is 0 Å². The number of hydrogen-bond donors (Lipinski definition) is 1. The van der Waals surface area contributed by atoms with Crippen LogP contribution in [0.5, 0.6) is 11.5 Å². The molecule has 3 rings (SSSR count). The highest BCUT2D eigenvalue weighted by atomic mass is 16.5. The van der Waals surface area contributed by atoms with Crippen molar-refractivity contribution in [1.82, 2.24) is 0 Å². The number of nitrogen functional groups attached to an aromatic ring is 1. The Balaban J connectivity index is 1.65. The highest BCUT2D eigenvalue weighted by Gasteiger charge is 2.23. The van der Waals surface area contributed by atoms with Crippen LogP contribution in [0.1, 0.15) is 11.1 Å². The third-order valence-electron chi connectivity index (χ3n) is 3.59. The maximum atomic E-state index is 5.93. The highest BCUT2D eigenvalue weighted by molar-refractivity contribution is 5.48. The summed E-state index contributed by atoms with van der Waals surface area (Å²) in [5, 5.41) is 0. The first-order valence-electron chi connectivity index (χ1n) is 7.13. The van der Waals surface area contributed by atoms with Gasteiger partial charge in [-0.2, -0.15) is 0 Å². The van der Waals surface area contributed by atoms with Crippen LogP contribution in [-0.4, -0.2) is 12.7 Å². The molecule has 0 bridgehead atoms. The van der Waals surface area contributed by atoms with Crippen LogP contribution in [0, 0.1) is 0 Å². The molecule has 0 radical (unpaired) electrons. The molecule has 2 N–H and O–H groups in total. The fourth-order valence-electron chi connectivity index (χ4n) is 2.58. The number of para-hydroxylation sites is 1. The van der Waals surface area contributed by atoms with E-state index in [-0.39, 0.29) is 6.10 Å². The molecular weight excluding hydrogens is 262 g/mol. The molecule has 0 saturated heterocycles. The summed E-state index contributed by atoms with van der Waals surface area (Å²) >= 11 is 0. The van der Waals surface area contributed by atoms with Crippen molar-refractivity contribution in [1.29, 1.82) is 0 Å². The second kappa shape index (κ2) is 5.92. The molecular formula is C18H19NO2. The van der Waals surface area contributed by atoms with Crippen LogP contribution < -0.4 is 15.2 Å². The Morgan fingerprint density at radius 1 is 1.29 bits per heavy atom. The summed E-state index contributed by atoms with van der Waals surface area (Å²) in [5.41, 5.74) is 8.86. The summed E-state index contributed by atoms with van der Waals surface area (Å²) in [6.45, 7) is 4.30. The van der Waals surface area contributed by atoms with Gasteiger partial charge in [0.15, 0.2) is 0 Å². The van der Waals surface area contributed by atoms with Crippen molar-refractivity contribution >= 4 is 5.69 Å². The molecule has 2 aromatic carbocycles. The lowest BCUT2D eigenvalue weighted by Gasteiger charge is -2.15. The standard InChI is InChI=1S/C18H19NO2/c1-2-5-13-10-15(19)8-9-17(13)20-12-16-11-14-6-3-4-7-18(14)21-16/h2-4,6-10,16H,1,5,11-12,19H2. The lowest BCUT2D eigenvalue weighted by Crippen LogP contribution is -2.22. The molecule has 0 saturated carbocycles. The molecule has 1 heterocycles. The van der Waals surface area contributed by atoms with Crippen molar-refractivity contribution in [2.45, 2.75) is 18.9 Å². The van der Waals surface area contributed by atoms with E-state index in [1.54, 1.807) is 0 Å². The molecule has 0 spiro atoms. The molecule has 3 heteroatoms. The Morgan fingerprint density at radius 2 is 2.14 bits per heavy atom. The maximum absolute atomic E-state index is 5.93. The zero-order valence-electron chi connectivity index (χ0n) is 11.9. The first kappa shape index (κ1) is 13.6. The third-order valence-corrected chi connectivity index (χ3v) is 3.59. The monoisotopic (exact) mass is 281 g/mol. The average Bonchev–Trinajstić information content (AvgIpc) is 2.89. The van der Waals surface area contributed by atoms with Gasteiger partial charge in [-0.15, -0.1) is 6.58 Å². The lowest BCUT2D eigenvalue weighted by molar-refractivity contribution is 0.148. The second-order valence-electron chi connectivity index (χ2n) is 5.22. The smallest absolute Gasteiger partial charge is 0.137 e. The minimum atomic E-state index is 0.0662. The molecule has 21 heavy (non-hydrogen) atoms. The van der Waals surface area contributed by atoms with Crippen LogP contribution in [0.15, 0.2) is 55.1 Å². The van der Waals surface area contributed by atoms with Gasteiger partial charge in [0.2, 0.25) is 0 Å². The number of benzene rings is 2. The van der Waals surface area contributed by atoms with Crippen LogP contribution in [0.2, 0.25) is 0 Å². The Bertz CT molecular complexity index is 626. The Kier molecular flexibility index (Phi) is 3.82. The van der Waals surface area contributed by atoms with E-state index >= 15 is 0 Å². The summed E-state index contributed by atoms with van der Waals surface area (Å²) in [4.78, 5) is 0. The summed E-state index contributed by atoms with van der Waals surface area (Å²) < 4.78 is 11.8. The molecule has 1 aliphatic rings. The molecule has 3 nitrogen and oxygen atoms in total. The van der Waals surface area contributed by atoms with E-state index in [4.69, 9.17) is 15.2 Å². The van der Waals surface area contributed by atoms with Crippen molar-refractivity contribution in [2.75, 3.05) is 12.3 Å². The topological polar surface area (TPSA) is 44.5 Å². The highest BCUT2D eigenvalue weighted by Crippen LogP contribution is 2.29. The van der Waals surface area contributed by atoms with Crippen molar-refractivity contribution in [3.05, 3.63) is 66.2 Å². The van der Waals surface area contributed by atoms with E-state index in [9.17, 15) is 0 Å². The normalized spacial score (nSPS) is 16.1. The fourth-order valence-corrected chi connectivity index (χ4v) is 2.58. The van der Waals surface area contributed by atoms with Crippen molar-refractivity contribution < 1.29 is 9.47 Å². The summed E-state index contributed by atoms with van der Waals surface area (Å²) in [6, 6.07) is 13.8. The lowest BCUT2D eigenvalue weighted by atomic mass is 10.1. The Labute approximate surface area is 125 Å². The minimum Gasteiger partial charge on any atom is -0.489 e.